The molecule has 18 heavy (non-hydrogen) atoms. The summed E-state index contributed by atoms with van der Waals surface area (Å²) in [6.07, 6.45) is 2.85. The van der Waals surface area contributed by atoms with Crippen molar-refractivity contribution in [3.63, 3.8) is 0 Å². The summed E-state index contributed by atoms with van der Waals surface area (Å²) in [6, 6.07) is 0. The highest BCUT2D eigenvalue weighted by Crippen LogP contribution is 2.07. The van der Waals surface area contributed by atoms with Crippen molar-refractivity contribution >= 4 is 11.9 Å². The van der Waals surface area contributed by atoms with Crippen LogP contribution >= 0.6 is 0 Å². The first kappa shape index (κ1) is 14.5. The average Bonchev–Trinajstić information content (AvgIpc) is 2.39. The predicted molar refractivity (Wildman–Crippen MR) is 70.4 cm³/mol. The predicted octanol–water partition coefficient (Wildman–Crippen LogP) is 0.934. The van der Waals surface area contributed by atoms with Gasteiger partial charge in [-0.25, -0.2) is 4.98 Å². The fraction of sp³-hybridized carbons (Fsp3) is 0.667. The van der Waals surface area contributed by atoms with Crippen molar-refractivity contribution in [3.8, 4) is 0 Å². The lowest BCUT2D eigenvalue weighted by atomic mass is 10.2. The summed E-state index contributed by atoms with van der Waals surface area (Å²) in [5.74, 6) is 0.233. The highest BCUT2D eigenvalue weighted by molar-refractivity contribution is 5.88. The Morgan fingerprint density at radius 2 is 1.89 bits per heavy atom. The standard InChI is InChI=1S/C12H21N5O/c1-4-9-10(5-2)16-17-12(14-9)15-11(18)7-6-8-13-3/h13H,4-8H2,1-3H3,(H,14,15,17,18). The summed E-state index contributed by atoms with van der Waals surface area (Å²) in [7, 11) is 1.86. The largest absolute Gasteiger partial charge is 0.320 e. The Morgan fingerprint density at radius 3 is 2.50 bits per heavy atom. The van der Waals surface area contributed by atoms with E-state index in [1.807, 2.05) is 20.9 Å². The minimum Gasteiger partial charge on any atom is -0.320 e. The maximum absolute atomic E-state index is 11.6. The number of rotatable bonds is 7. The molecule has 1 aromatic rings. The Morgan fingerprint density at radius 1 is 1.17 bits per heavy atom. The van der Waals surface area contributed by atoms with E-state index < -0.39 is 0 Å². The number of carbonyl (C=O) groups excluding carboxylic acids is 1. The van der Waals surface area contributed by atoms with E-state index in [2.05, 4.69) is 25.8 Å². The zero-order chi connectivity index (χ0) is 13.4. The molecule has 0 radical (unpaired) electrons. The van der Waals surface area contributed by atoms with Crippen molar-refractivity contribution in [2.75, 3.05) is 18.9 Å². The molecule has 0 aliphatic rings. The van der Waals surface area contributed by atoms with Crippen LogP contribution in [0.2, 0.25) is 0 Å². The minimum atomic E-state index is -0.0710. The van der Waals surface area contributed by atoms with Crippen LogP contribution in [0, 0.1) is 0 Å². The van der Waals surface area contributed by atoms with Gasteiger partial charge in [0.1, 0.15) is 0 Å². The van der Waals surface area contributed by atoms with Crippen LogP contribution < -0.4 is 10.6 Å². The molecule has 1 heterocycles. The van der Waals surface area contributed by atoms with Gasteiger partial charge in [-0.3, -0.25) is 10.1 Å². The number of aryl methyl sites for hydroxylation is 2. The van der Waals surface area contributed by atoms with E-state index in [4.69, 9.17) is 0 Å². The maximum Gasteiger partial charge on any atom is 0.249 e. The molecular weight excluding hydrogens is 230 g/mol. The lowest BCUT2D eigenvalue weighted by Gasteiger charge is -2.06. The monoisotopic (exact) mass is 251 g/mol. The first-order valence-corrected chi connectivity index (χ1v) is 6.38. The summed E-state index contributed by atoms with van der Waals surface area (Å²) < 4.78 is 0. The minimum absolute atomic E-state index is 0.0710. The molecule has 100 valence electrons. The molecule has 1 rings (SSSR count). The molecule has 0 aromatic carbocycles. The third-order valence-corrected chi connectivity index (χ3v) is 2.59. The van der Waals surface area contributed by atoms with Crippen LogP contribution in [-0.2, 0) is 17.6 Å². The van der Waals surface area contributed by atoms with E-state index in [1.165, 1.54) is 0 Å². The quantitative estimate of drug-likeness (QED) is 0.705. The molecular formula is C12H21N5O. The van der Waals surface area contributed by atoms with Crippen molar-refractivity contribution in [1.82, 2.24) is 20.5 Å². The molecule has 0 atom stereocenters. The lowest BCUT2D eigenvalue weighted by molar-refractivity contribution is -0.116. The van der Waals surface area contributed by atoms with Crippen molar-refractivity contribution in [2.24, 2.45) is 0 Å². The fourth-order valence-electron chi connectivity index (χ4n) is 1.60. The number of hydrogen-bond donors (Lipinski definition) is 2. The van der Waals surface area contributed by atoms with Gasteiger partial charge in [-0.1, -0.05) is 13.8 Å². The summed E-state index contributed by atoms with van der Waals surface area (Å²) >= 11 is 0. The number of anilines is 1. The van der Waals surface area contributed by atoms with Crippen LogP contribution in [0.3, 0.4) is 0 Å². The zero-order valence-electron chi connectivity index (χ0n) is 11.3. The summed E-state index contributed by atoms with van der Waals surface area (Å²) in [5, 5.41) is 13.7. The number of hydrogen-bond acceptors (Lipinski definition) is 5. The van der Waals surface area contributed by atoms with Gasteiger partial charge in [-0.2, -0.15) is 0 Å². The fourth-order valence-corrected chi connectivity index (χ4v) is 1.60. The van der Waals surface area contributed by atoms with Gasteiger partial charge in [0.25, 0.3) is 0 Å². The van der Waals surface area contributed by atoms with E-state index >= 15 is 0 Å². The van der Waals surface area contributed by atoms with Crippen LogP contribution in [0.1, 0.15) is 38.1 Å². The Kier molecular flexibility index (Phi) is 6.21. The van der Waals surface area contributed by atoms with Crippen molar-refractivity contribution in [3.05, 3.63) is 11.4 Å². The second-order valence-corrected chi connectivity index (χ2v) is 3.99. The zero-order valence-corrected chi connectivity index (χ0v) is 11.3. The molecule has 0 saturated carbocycles. The molecule has 0 bridgehead atoms. The second-order valence-electron chi connectivity index (χ2n) is 3.99. The van der Waals surface area contributed by atoms with Crippen LogP contribution in [0.4, 0.5) is 5.95 Å². The number of amides is 1. The summed E-state index contributed by atoms with van der Waals surface area (Å²) in [6.45, 7) is 4.85. The Labute approximate surface area is 108 Å². The molecule has 1 aromatic heterocycles. The van der Waals surface area contributed by atoms with Crippen LogP contribution in [0.5, 0.6) is 0 Å². The molecule has 2 N–H and O–H groups in total. The number of nitrogens with zero attached hydrogens (tertiary/aromatic N) is 3. The van der Waals surface area contributed by atoms with E-state index in [0.29, 0.717) is 12.4 Å². The van der Waals surface area contributed by atoms with Crippen molar-refractivity contribution in [2.45, 2.75) is 39.5 Å². The number of nitrogens with one attached hydrogen (secondary N) is 2. The van der Waals surface area contributed by atoms with Crippen LogP contribution in [0.15, 0.2) is 0 Å². The highest BCUT2D eigenvalue weighted by Gasteiger charge is 2.08. The van der Waals surface area contributed by atoms with Gasteiger partial charge in [-0.05, 0) is 32.9 Å². The maximum atomic E-state index is 11.6. The summed E-state index contributed by atoms with van der Waals surface area (Å²) in [4.78, 5) is 15.9. The number of aromatic nitrogens is 3. The normalized spacial score (nSPS) is 10.4. The van der Waals surface area contributed by atoms with Gasteiger partial charge in [0.05, 0.1) is 11.4 Å². The molecule has 0 spiro atoms. The van der Waals surface area contributed by atoms with Crippen LogP contribution in [-0.4, -0.2) is 34.7 Å². The molecule has 0 aliphatic carbocycles. The van der Waals surface area contributed by atoms with Gasteiger partial charge in [0.15, 0.2) is 0 Å². The smallest absolute Gasteiger partial charge is 0.249 e. The topological polar surface area (TPSA) is 79.8 Å². The van der Waals surface area contributed by atoms with Crippen LogP contribution in [0.25, 0.3) is 0 Å². The van der Waals surface area contributed by atoms with E-state index in [-0.39, 0.29) is 5.91 Å². The Hall–Kier alpha value is -1.56. The van der Waals surface area contributed by atoms with E-state index in [0.717, 1.165) is 37.2 Å². The molecule has 0 fully saturated rings. The SMILES string of the molecule is CCc1nnc(NC(=O)CCCNC)nc1CC. The Balaban J connectivity index is 2.59. The van der Waals surface area contributed by atoms with Crippen molar-refractivity contribution < 1.29 is 4.79 Å². The lowest BCUT2D eigenvalue weighted by Crippen LogP contribution is -2.18. The highest BCUT2D eigenvalue weighted by atomic mass is 16.1. The first-order valence-electron chi connectivity index (χ1n) is 6.38. The van der Waals surface area contributed by atoms with Gasteiger partial charge in [-0.15, -0.1) is 10.2 Å². The van der Waals surface area contributed by atoms with Gasteiger partial charge < -0.3 is 5.32 Å². The average molecular weight is 251 g/mol. The molecule has 0 aliphatic heterocycles. The molecule has 0 unspecified atom stereocenters. The molecule has 6 heteroatoms. The molecule has 1 amide bonds. The summed E-state index contributed by atoms with van der Waals surface area (Å²) in [5.41, 5.74) is 1.80. The van der Waals surface area contributed by atoms with Gasteiger partial charge in [0, 0.05) is 6.42 Å². The number of carbonyl (C=O) groups is 1. The first-order chi connectivity index (χ1) is 8.71. The van der Waals surface area contributed by atoms with Gasteiger partial charge >= 0.3 is 0 Å². The van der Waals surface area contributed by atoms with E-state index in [1.54, 1.807) is 0 Å². The third kappa shape index (κ3) is 4.37. The second kappa shape index (κ2) is 7.71. The Bertz CT molecular complexity index is 394. The molecule has 6 nitrogen and oxygen atoms in total. The van der Waals surface area contributed by atoms with Gasteiger partial charge in [0.2, 0.25) is 11.9 Å². The third-order valence-electron chi connectivity index (χ3n) is 2.59. The van der Waals surface area contributed by atoms with E-state index in [9.17, 15) is 4.79 Å². The molecule has 0 saturated heterocycles. The van der Waals surface area contributed by atoms with Crippen molar-refractivity contribution in [1.29, 1.82) is 0 Å².